The minimum Gasteiger partial charge on any atom is -0.487 e. The topological polar surface area (TPSA) is 34.4 Å². The Morgan fingerprint density at radius 2 is 2.00 bits per heavy atom. The number of rotatable bonds is 3. The maximum absolute atomic E-state index is 6.06. The zero-order valence-electron chi connectivity index (χ0n) is 12.2. The maximum Gasteiger partial charge on any atom is 0.124 e. The SMILES string of the molecule is CC(NC1CC(C)(C)Oc2ccccc21)c1ccco1. The number of benzene rings is 1. The maximum atomic E-state index is 6.06. The number of furan rings is 1. The van der Waals surface area contributed by atoms with E-state index in [4.69, 9.17) is 9.15 Å². The Hall–Kier alpha value is -1.74. The molecule has 1 N–H and O–H groups in total. The van der Waals surface area contributed by atoms with Crippen LogP contribution in [-0.4, -0.2) is 5.60 Å². The van der Waals surface area contributed by atoms with Gasteiger partial charge in [0.2, 0.25) is 0 Å². The molecule has 106 valence electrons. The van der Waals surface area contributed by atoms with Crippen LogP contribution in [0.15, 0.2) is 47.1 Å². The second-order valence-electron chi connectivity index (χ2n) is 6.06. The largest absolute Gasteiger partial charge is 0.487 e. The van der Waals surface area contributed by atoms with Crippen LogP contribution in [0.1, 0.15) is 50.6 Å². The van der Waals surface area contributed by atoms with Crippen LogP contribution in [0, 0.1) is 0 Å². The van der Waals surface area contributed by atoms with Crippen LogP contribution < -0.4 is 10.1 Å². The molecule has 0 bridgehead atoms. The molecule has 0 amide bonds. The predicted octanol–water partition coefficient (Wildman–Crippen LogP) is 4.23. The van der Waals surface area contributed by atoms with Gasteiger partial charge in [-0.1, -0.05) is 18.2 Å². The van der Waals surface area contributed by atoms with Crippen molar-refractivity contribution in [2.75, 3.05) is 0 Å². The molecule has 0 spiro atoms. The smallest absolute Gasteiger partial charge is 0.124 e. The fourth-order valence-corrected chi connectivity index (χ4v) is 2.87. The minimum atomic E-state index is -0.158. The Kier molecular flexibility index (Phi) is 3.30. The third-order valence-electron chi connectivity index (χ3n) is 3.80. The highest BCUT2D eigenvalue weighted by atomic mass is 16.5. The van der Waals surface area contributed by atoms with Crippen molar-refractivity contribution in [1.82, 2.24) is 5.32 Å². The van der Waals surface area contributed by atoms with E-state index in [1.807, 2.05) is 24.3 Å². The third kappa shape index (κ3) is 2.59. The monoisotopic (exact) mass is 271 g/mol. The quantitative estimate of drug-likeness (QED) is 0.907. The highest BCUT2D eigenvalue weighted by molar-refractivity contribution is 5.38. The molecular weight excluding hydrogens is 250 g/mol. The predicted molar refractivity (Wildman–Crippen MR) is 78.8 cm³/mol. The molecule has 2 atom stereocenters. The first kappa shape index (κ1) is 13.3. The summed E-state index contributed by atoms with van der Waals surface area (Å²) in [5.74, 6) is 1.94. The third-order valence-corrected chi connectivity index (χ3v) is 3.80. The van der Waals surface area contributed by atoms with E-state index in [0.29, 0.717) is 0 Å². The van der Waals surface area contributed by atoms with E-state index in [-0.39, 0.29) is 17.7 Å². The Labute approximate surface area is 119 Å². The average Bonchev–Trinajstić information content (AvgIpc) is 2.91. The number of fused-ring (bicyclic) bond motifs is 1. The highest BCUT2D eigenvalue weighted by Crippen LogP contribution is 2.40. The van der Waals surface area contributed by atoms with Gasteiger partial charge in [-0.15, -0.1) is 0 Å². The van der Waals surface area contributed by atoms with Gasteiger partial charge < -0.3 is 14.5 Å². The summed E-state index contributed by atoms with van der Waals surface area (Å²) in [6.45, 7) is 6.40. The summed E-state index contributed by atoms with van der Waals surface area (Å²) in [6.07, 6.45) is 2.66. The van der Waals surface area contributed by atoms with Crippen LogP contribution in [0.4, 0.5) is 0 Å². The minimum absolute atomic E-state index is 0.158. The standard InChI is InChI=1S/C17H21NO2/c1-12(15-9-6-10-19-15)18-14-11-17(2,3)20-16-8-5-4-7-13(14)16/h4-10,12,14,18H,11H2,1-3H3. The summed E-state index contributed by atoms with van der Waals surface area (Å²) in [6, 6.07) is 12.6. The fourth-order valence-electron chi connectivity index (χ4n) is 2.87. The van der Waals surface area contributed by atoms with Gasteiger partial charge in [-0.3, -0.25) is 0 Å². The first-order valence-corrected chi connectivity index (χ1v) is 7.12. The Balaban J connectivity index is 1.85. The molecule has 2 heterocycles. The van der Waals surface area contributed by atoms with E-state index in [9.17, 15) is 0 Å². The second kappa shape index (κ2) is 4.98. The highest BCUT2D eigenvalue weighted by Gasteiger charge is 2.34. The molecule has 0 saturated heterocycles. The van der Waals surface area contributed by atoms with E-state index in [0.717, 1.165) is 17.9 Å². The van der Waals surface area contributed by atoms with Crippen molar-refractivity contribution in [1.29, 1.82) is 0 Å². The number of hydrogen-bond acceptors (Lipinski definition) is 3. The van der Waals surface area contributed by atoms with Gasteiger partial charge in [-0.2, -0.15) is 0 Å². The van der Waals surface area contributed by atoms with Gasteiger partial charge in [0.1, 0.15) is 17.1 Å². The average molecular weight is 271 g/mol. The van der Waals surface area contributed by atoms with E-state index in [2.05, 4.69) is 38.2 Å². The molecule has 3 rings (SSSR count). The summed E-state index contributed by atoms with van der Waals surface area (Å²) in [7, 11) is 0. The van der Waals surface area contributed by atoms with Gasteiger partial charge in [-0.05, 0) is 39.0 Å². The summed E-state index contributed by atoms with van der Waals surface area (Å²) in [5.41, 5.74) is 1.07. The molecular formula is C17H21NO2. The molecule has 0 radical (unpaired) electrons. The normalized spacial score (nSPS) is 21.9. The molecule has 3 heteroatoms. The summed E-state index contributed by atoms with van der Waals surface area (Å²) >= 11 is 0. The molecule has 1 aromatic heterocycles. The zero-order chi connectivity index (χ0) is 14.2. The molecule has 1 aliphatic rings. The van der Waals surface area contributed by atoms with Gasteiger partial charge in [-0.25, -0.2) is 0 Å². The Morgan fingerprint density at radius 3 is 2.75 bits per heavy atom. The lowest BCUT2D eigenvalue weighted by Gasteiger charge is -2.38. The first-order valence-electron chi connectivity index (χ1n) is 7.12. The number of ether oxygens (including phenoxy) is 1. The second-order valence-corrected chi connectivity index (χ2v) is 6.06. The van der Waals surface area contributed by atoms with Gasteiger partial charge in [0.05, 0.1) is 12.3 Å². The lowest BCUT2D eigenvalue weighted by molar-refractivity contribution is 0.0634. The van der Waals surface area contributed by atoms with E-state index < -0.39 is 0 Å². The molecule has 0 aliphatic carbocycles. The van der Waals surface area contributed by atoms with Crippen LogP contribution in [0.25, 0.3) is 0 Å². The van der Waals surface area contributed by atoms with E-state index in [1.165, 1.54) is 5.56 Å². The summed E-state index contributed by atoms with van der Waals surface area (Å²) in [4.78, 5) is 0. The molecule has 3 nitrogen and oxygen atoms in total. The van der Waals surface area contributed by atoms with Crippen LogP contribution >= 0.6 is 0 Å². The molecule has 0 saturated carbocycles. The fraction of sp³-hybridized carbons (Fsp3) is 0.412. The van der Waals surface area contributed by atoms with Gasteiger partial charge in [0.25, 0.3) is 0 Å². The van der Waals surface area contributed by atoms with Gasteiger partial charge in [0.15, 0.2) is 0 Å². The molecule has 0 fully saturated rings. The number of hydrogen-bond donors (Lipinski definition) is 1. The molecule has 1 aromatic carbocycles. The molecule has 2 unspecified atom stereocenters. The van der Waals surface area contributed by atoms with Crippen molar-refractivity contribution in [2.24, 2.45) is 0 Å². The van der Waals surface area contributed by atoms with Crippen molar-refractivity contribution >= 4 is 0 Å². The van der Waals surface area contributed by atoms with Crippen molar-refractivity contribution in [3.8, 4) is 5.75 Å². The molecule has 20 heavy (non-hydrogen) atoms. The van der Waals surface area contributed by atoms with Gasteiger partial charge in [0, 0.05) is 18.0 Å². The van der Waals surface area contributed by atoms with Crippen LogP contribution in [0.5, 0.6) is 5.75 Å². The summed E-state index contributed by atoms with van der Waals surface area (Å²) in [5, 5.41) is 3.66. The Bertz CT molecular complexity index is 574. The van der Waals surface area contributed by atoms with Crippen molar-refractivity contribution in [2.45, 2.75) is 44.9 Å². The van der Waals surface area contributed by atoms with Crippen LogP contribution in [-0.2, 0) is 0 Å². The van der Waals surface area contributed by atoms with Crippen molar-refractivity contribution in [3.05, 3.63) is 54.0 Å². The van der Waals surface area contributed by atoms with Gasteiger partial charge >= 0.3 is 0 Å². The van der Waals surface area contributed by atoms with E-state index in [1.54, 1.807) is 6.26 Å². The number of para-hydroxylation sites is 1. The Morgan fingerprint density at radius 1 is 1.20 bits per heavy atom. The van der Waals surface area contributed by atoms with Crippen molar-refractivity contribution < 1.29 is 9.15 Å². The number of nitrogens with one attached hydrogen (secondary N) is 1. The van der Waals surface area contributed by atoms with Crippen molar-refractivity contribution in [3.63, 3.8) is 0 Å². The van der Waals surface area contributed by atoms with Crippen LogP contribution in [0.3, 0.4) is 0 Å². The molecule has 2 aromatic rings. The molecule has 1 aliphatic heterocycles. The van der Waals surface area contributed by atoms with E-state index >= 15 is 0 Å². The zero-order valence-corrected chi connectivity index (χ0v) is 12.2. The lowest BCUT2D eigenvalue weighted by atomic mass is 9.89. The summed E-state index contributed by atoms with van der Waals surface area (Å²) < 4.78 is 11.5. The first-order chi connectivity index (χ1) is 9.55. The lowest BCUT2D eigenvalue weighted by Crippen LogP contribution is -2.40. The van der Waals surface area contributed by atoms with Crippen LogP contribution in [0.2, 0.25) is 0 Å².